The van der Waals surface area contributed by atoms with Gasteiger partial charge >= 0.3 is 0 Å². The molecular weight excluding hydrogens is 402 g/mol. The van der Waals surface area contributed by atoms with Crippen LogP contribution in [-0.4, -0.2) is 40.0 Å². The molecule has 0 unspecified atom stereocenters. The maximum absolute atomic E-state index is 12.2. The number of carbonyl (C=O) groups is 1. The van der Waals surface area contributed by atoms with Crippen LogP contribution in [0.15, 0.2) is 34.0 Å². The number of thiazole rings is 1. The first-order valence-electron chi connectivity index (χ1n) is 8.16. The number of aromatic nitrogens is 3. The number of thioether (sulfide) groups is 1. The van der Waals surface area contributed by atoms with Crippen molar-refractivity contribution in [3.8, 4) is 17.0 Å². The third-order valence-corrected chi connectivity index (χ3v) is 6.03. The molecule has 0 atom stereocenters. The number of nitrogens with one attached hydrogen (secondary N) is 2. The van der Waals surface area contributed by atoms with Gasteiger partial charge in [0.2, 0.25) is 11.0 Å². The zero-order valence-corrected chi connectivity index (χ0v) is 17.5. The van der Waals surface area contributed by atoms with Gasteiger partial charge in [-0.05, 0) is 38.1 Å². The Hall–Kier alpha value is -2.17. The second kappa shape index (κ2) is 9.16. The van der Waals surface area contributed by atoms with Gasteiger partial charge in [0.05, 0.1) is 18.6 Å². The molecule has 2 aromatic heterocycles. The molecule has 27 heavy (non-hydrogen) atoms. The van der Waals surface area contributed by atoms with Crippen molar-refractivity contribution >= 4 is 50.6 Å². The third-order valence-electron chi connectivity index (χ3n) is 3.28. The molecule has 2 heterocycles. The van der Waals surface area contributed by atoms with Crippen LogP contribution in [0.4, 0.5) is 10.3 Å². The topological polar surface area (TPSA) is 89.0 Å². The summed E-state index contributed by atoms with van der Waals surface area (Å²) in [6, 6.07) is 7.94. The van der Waals surface area contributed by atoms with E-state index < -0.39 is 0 Å². The number of ether oxygens (including phenoxy) is 1. The Morgan fingerprint density at radius 3 is 2.70 bits per heavy atom. The molecule has 1 amide bonds. The summed E-state index contributed by atoms with van der Waals surface area (Å²) in [6.07, 6.45) is 0. The number of benzene rings is 1. The zero-order chi connectivity index (χ0) is 19.2. The Bertz CT molecular complexity index is 892. The summed E-state index contributed by atoms with van der Waals surface area (Å²) in [5, 5.41) is 17.4. The summed E-state index contributed by atoms with van der Waals surface area (Å²) in [7, 11) is 1.63. The number of hydrogen-bond donors (Lipinski definition) is 2. The summed E-state index contributed by atoms with van der Waals surface area (Å²) in [6.45, 7) is 4.08. The van der Waals surface area contributed by atoms with Gasteiger partial charge < -0.3 is 15.4 Å². The largest absolute Gasteiger partial charge is 0.497 e. The van der Waals surface area contributed by atoms with Gasteiger partial charge in [0.1, 0.15) is 5.75 Å². The van der Waals surface area contributed by atoms with Crippen LogP contribution in [-0.2, 0) is 4.79 Å². The Morgan fingerprint density at radius 1 is 1.22 bits per heavy atom. The molecular formula is C17H19N5O2S3. The highest BCUT2D eigenvalue weighted by atomic mass is 32.2. The number of rotatable bonds is 8. The normalized spacial score (nSPS) is 10.8. The van der Waals surface area contributed by atoms with Crippen LogP contribution in [0, 0.1) is 0 Å². The monoisotopic (exact) mass is 421 g/mol. The molecule has 0 aliphatic heterocycles. The van der Waals surface area contributed by atoms with E-state index in [1.807, 2.05) is 43.5 Å². The molecule has 0 aliphatic rings. The smallest absolute Gasteiger partial charge is 0.236 e. The molecule has 0 aliphatic carbocycles. The summed E-state index contributed by atoms with van der Waals surface area (Å²) < 4.78 is 5.91. The van der Waals surface area contributed by atoms with E-state index in [2.05, 4.69) is 25.8 Å². The Balaban J connectivity index is 1.52. The van der Waals surface area contributed by atoms with Gasteiger partial charge in [-0.15, -0.1) is 21.5 Å². The van der Waals surface area contributed by atoms with Gasteiger partial charge in [-0.25, -0.2) is 4.98 Å². The molecule has 142 valence electrons. The fraction of sp³-hybridized carbons (Fsp3) is 0.294. The molecule has 0 spiro atoms. The standard InChI is InChI=1S/C17H19N5O2S3/c1-10(2)18-16-21-22-17(27-16)26-9-14(23)20-15-19-13(8-25-15)11-4-6-12(24-3)7-5-11/h4-8,10H,9H2,1-3H3,(H,18,21)(H,19,20,23). The summed E-state index contributed by atoms with van der Waals surface area (Å²) in [5.74, 6) is 0.931. The van der Waals surface area contributed by atoms with Crippen LogP contribution in [0.2, 0.25) is 0 Å². The first-order valence-corrected chi connectivity index (χ1v) is 10.8. The molecule has 0 bridgehead atoms. The number of methoxy groups -OCH3 is 1. The highest BCUT2D eigenvalue weighted by Gasteiger charge is 2.11. The average molecular weight is 422 g/mol. The Morgan fingerprint density at radius 2 is 2.00 bits per heavy atom. The van der Waals surface area contributed by atoms with Crippen LogP contribution in [0.1, 0.15) is 13.8 Å². The molecule has 3 rings (SSSR count). The van der Waals surface area contributed by atoms with Crippen molar-refractivity contribution in [2.75, 3.05) is 23.5 Å². The van der Waals surface area contributed by atoms with Crippen molar-refractivity contribution in [2.24, 2.45) is 0 Å². The van der Waals surface area contributed by atoms with Crippen molar-refractivity contribution < 1.29 is 9.53 Å². The van der Waals surface area contributed by atoms with Gasteiger partial charge in [0.25, 0.3) is 0 Å². The first-order chi connectivity index (χ1) is 13.0. The molecule has 7 nitrogen and oxygen atoms in total. The Labute approximate surface area is 169 Å². The highest BCUT2D eigenvalue weighted by molar-refractivity contribution is 8.01. The van der Waals surface area contributed by atoms with Crippen LogP contribution in [0.5, 0.6) is 5.75 Å². The molecule has 0 fully saturated rings. The third kappa shape index (κ3) is 5.65. The van der Waals surface area contributed by atoms with Gasteiger partial charge in [-0.3, -0.25) is 4.79 Å². The molecule has 1 aromatic carbocycles. The van der Waals surface area contributed by atoms with Gasteiger partial charge in [-0.1, -0.05) is 23.1 Å². The number of anilines is 2. The predicted molar refractivity (Wildman–Crippen MR) is 112 cm³/mol. The lowest BCUT2D eigenvalue weighted by Gasteiger charge is -2.03. The lowest BCUT2D eigenvalue weighted by atomic mass is 10.2. The maximum Gasteiger partial charge on any atom is 0.236 e. The lowest BCUT2D eigenvalue weighted by molar-refractivity contribution is -0.113. The van der Waals surface area contributed by atoms with Crippen molar-refractivity contribution in [1.82, 2.24) is 15.2 Å². The highest BCUT2D eigenvalue weighted by Crippen LogP contribution is 2.28. The van der Waals surface area contributed by atoms with E-state index in [0.29, 0.717) is 11.2 Å². The minimum Gasteiger partial charge on any atom is -0.497 e. The quantitative estimate of drug-likeness (QED) is 0.526. The molecule has 0 saturated carbocycles. The summed E-state index contributed by atoms with van der Waals surface area (Å²) in [5.41, 5.74) is 1.79. The zero-order valence-electron chi connectivity index (χ0n) is 15.1. The van der Waals surface area contributed by atoms with Crippen molar-refractivity contribution in [2.45, 2.75) is 24.2 Å². The van der Waals surface area contributed by atoms with E-state index in [-0.39, 0.29) is 11.7 Å². The Kier molecular flexibility index (Phi) is 6.64. The molecule has 10 heteroatoms. The minimum atomic E-state index is -0.121. The van der Waals surface area contributed by atoms with E-state index in [1.54, 1.807) is 7.11 Å². The van der Waals surface area contributed by atoms with Crippen molar-refractivity contribution in [3.05, 3.63) is 29.6 Å². The van der Waals surface area contributed by atoms with Crippen molar-refractivity contribution in [3.63, 3.8) is 0 Å². The van der Waals surface area contributed by atoms with E-state index in [9.17, 15) is 4.79 Å². The first kappa shape index (κ1) is 19.6. The summed E-state index contributed by atoms with van der Waals surface area (Å²) >= 11 is 4.20. The van der Waals surface area contributed by atoms with Crippen LogP contribution in [0.3, 0.4) is 0 Å². The second-order valence-corrected chi connectivity index (χ2v) is 8.83. The maximum atomic E-state index is 12.2. The molecule has 3 aromatic rings. The van der Waals surface area contributed by atoms with Gasteiger partial charge in [-0.2, -0.15) is 0 Å². The SMILES string of the molecule is COc1ccc(-c2csc(NC(=O)CSc3nnc(NC(C)C)s3)n2)cc1. The predicted octanol–water partition coefficient (Wildman–Crippen LogP) is 4.22. The molecule has 0 radical (unpaired) electrons. The van der Waals surface area contributed by atoms with E-state index in [1.165, 1.54) is 34.4 Å². The number of nitrogens with zero attached hydrogens (tertiary/aromatic N) is 3. The second-order valence-electron chi connectivity index (χ2n) is 5.78. The van der Waals surface area contributed by atoms with Gasteiger partial charge in [0.15, 0.2) is 9.47 Å². The lowest BCUT2D eigenvalue weighted by Crippen LogP contribution is -2.13. The molecule has 2 N–H and O–H groups in total. The number of amides is 1. The molecule has 0 saturated heterocycles. The number of carbonyl (C=O) groups excluding carboxylic acids is 1. The number of hydrogen-bond acceptors (Lipinski definition) is 9. The average Bonchev–Trinajstić information content (AvgIpc) is 3.29. The van der Waals surface area contributed by atoms with E-state index in [0.717, 1.165) is 26.5 Å². The minimum absolute atomic E-state index is 0.121. The van der Waals surface area contributed by atoms with Gasteiger partial charge in [0, 0.05) is 17.0 Å². The van der Waals surface area contributed by atoms with Crippen molar-refractivity contribution in [1.29, 1.82) is 0 Å². The van der Waals surface area contributed by atoms with Crippen LogP contribution in [0.25, 0.3) is 11.3 Å². The fourth-order valence-corrected chi connectivity index (χ4v) is 4.52. The fourth-order valence-electron chi connectivity index (χ4n) is 2.08. The van der Waals surface area contributed by atoms with Crippen LogP contribution >= 0.6 is 34.4 Å². The summed E-state index contributed by atoms with van der Waals surface area (Å²) in [4.78, 5) is 16.6. The van der Waals surface area contributed by atoms with E-state index >= 15 is 0 Å². The van der Waals surface area contributed by atoms with Crippen LogP contribution < -0.4 is 15.4 Å². The van der Waals surface area contributed by atoms with E-state index in [4.69, 9.17) is 4.74 Å².